The van der Waals surface area contributed by atoms with Gasteiger partial charge in [0.15, 0.2) is 0 Å². The number of aromatic nitrogens is 5. The minimum absolute atomic E-state index is 0.198. The van der Waals surface area contributed by atoms with Gasteiger partial charge in [0.1, 0.15) is 23.9 Å². The molecule has 1 atom stereocenters. The molecule has 7 heteroatoms. The molecule has 0 amide bonds. The van der Waals surface area contributed by atoms with E-state index < -0.39 is 0 Å². The van der Waals surface area contributed by atoms with Crippen molar-refractivity contribution in [2.75, 3.05) is 13.7 Å². The van der Waals surface area contributed by atoms with Crippen LogP contribution in [0.2, 0.25) is 0 Å². The minimum atomic E-state index is -0.198. The normalized spacial score (nSPS) is 12.3. The summed E-state index contributed by atoms with van der Waals surface area (Å²) in [6.07, 6.45) is 5.71. The Balaban J connectivity index is 2.33. The molecule has 0 aromatic carbocycles. The minimum Gasteiger partial charge on any atom is -0.480 e. The van der Waals surface area contributed by atoms with Crippen molar-refractivity contribution in [1.82, 2.24) is 30.5 Å². The van der Waals surface area contributed by atoms with Crippen LogP contribution in [0.3, 0.4) is 0 Å². The molecule has 0 bridgehead atoms. The van der Waals surface area contributed by atoms with Gasteiger partial charge in [-0.05, 0) is 13.0 Å². The van der Waals surface area contributed by atoms with Gasteiger partial charge in [0, 0.05) is 12.4 Å². The third kappa shape index (κ3) is 2.62. The monoisotopic (exact) mass is 248 g/mol. The molecule has 0 aliphatic rings. The fourth-order valence-corrected chi connectivity index (χ4v) is 1.66. The average molecular weight is 248 g/mol. The molecule has 2 heterocycles. The lowest BCUT2D eigenvalue weighted by atomic mass is 10.2. The van der Waals surface area contributed by atoms with Crippen molar-refractivity contribution in [3.05, 3.63) is 30.2 Å². The topological polar surface area (TPSA) is 88.6 Å². The standard InChI is InChI=1S/C11H16N6O/c1-3-4-12-8(10-15-7-16-17-10)9-11(18-2)14-6-5-13-9/h5-8,12H,3-4H2,1-2H3,(H,15,16,17). The smallest absolute Gasteiger partial charge is 0.237 e. The molecule has 2 rings (SSSR count). The summed E-state index contributed by atoms with van der Waals surface area (Å²) in [5, 5.41) is 10.1. The van der Waals surface area contributed by atoms with Crippen LogP contribution in [0.1, 0.15) is 30.9 Å². The molecular formula is C11H16N6O. The molecule has 0 radical (unpaired) electrons. The molecular weight excluding hydrogens is 232 g/mol. The Hall–Kier alpha value is -2.02. The lowest BCUT2D eigenvalue weighted by molar-refractivity contribution is 0.381. The number of H-pyrrole nitrogens is 1. The lowest BCUT2D eigenvalue weighted by Gasteiger charge is -2.16. The van der Waals surface area contributed by atoms with Crippen LogP contribution < -0.4 is 10.1 Å². The van der Waals surface area contributed by atoms with Gasteiger partial charge in [0.2, 0.25) is 5.88 Å². The van der Waals surface area contributed by atoms with E-state index in [2.05, 4.69) is 37.4 Å². The summed E-state index contributed by atoms with van der Waals surface area (Å²) in [6, 6.07) is -0.198. The molecule has 0 fully saturated rings. The van der Waals surface area contributed by atoms with E-state index in [9.17, 15) is 0 Å². The zero-order valence-electron chi connectivity index (χ0n) is 10.4. The Morgan fingerprint density at radius 1 is 1.33 bits per heavy atom. The van der Waals surface area contributed by atoms with Crippen molar-refractivity contribution in [3.8, 4) is 5.88 Å². The van der Waals surface area contributed by atoms with Crippen molar-refractivity contribution in [2.24, 2.45) is 0 Å². The summed E-state index contributed by atoms with van der Waals surface area (Å²) in [7, 11) is 1.57. The van der Waals surface area contributed by atoms with Gasteiger partial charge in [0.25, 0.3) is 0 Å². The first-order valence-corrected chi connectivity index (χ1v) is 5.80. The summed E-state index contributed by atoms with van der Waals surface area (Å²) >= 11 is 0. The third-order valence-corrected chi connectivity index (χ3v) is 2.46. The van der Waals surface area contributed by atoms with Crippen molar-refractivity contribution in [1.29, 1.82) is 0 Å². The number of aromatic amines is 1. The van der Waals surface area contributed by atoms with Crippen molar-refractivity contribution in [3.63, 3.8) is 0 Å². The van der Waals surface area contributed by atoms with Crippen LogP contribution in [0.15, 0.2) is 18.7 Å². The van der Waals surface area contributed by atoms with Crippen LogP contribution in [0, 0.1) is 0 Å². The molecule has 0 aliphatic heterocycles. The Kier molecular flexibility index (Phi) is 4.19. The summed E-state index contributed by atoms with van der Waals surface area (Å²) in [4.78, 5) is 12.6. The van der Waals surface area contributed by atoms with E-state index in [0.29, 0.717) is 17.4 Å². The van der Waals surface area contributed by atoms with Gasteiger partial charge < -0.3 is 10.1 Å². The number of nitrogens with zero attached hydrogens (tertiary/aromatic N) is 4. The van der Waals surface area contributed by atoms with E-state index >= 15 is 0 Å². The molecule has 0 saturated carbocycles. The van der Waals surface area contributed by atoms with Crippen molar-refractivity contribution < 1.29 is 4.74 Å². The first kappa shape index (κ1) is 12.4. The Bertz CT molecular complexity index is 472. The van der Waals surface area contributed by atoms with E-state index in [1.54, 1.807) is 19.5 Å². The SMILES string of the molecule is CCCNC(c1ncn[nH]1)c1nccnc1OC. The summed E-state index contributed by atoms with van der Waals surface area (Å²) < 4.78 is 5.23. The van der Waals surface area contributed by atoms with Crippen LogP contribution in [0.25, 0.3) is 0 Å². The highest BCUT2D eigenvalue weighted by Crippen LogP contribution is 2.23. The van der Waals surface area contributed by atoms with Crippen LogP contribution in [0.5, 0.6) is 5.88 Å². The molecule has 1 unspecified atom stereocenters. The van der Waals surface area contributed by atoms with Gasteiger partial charge in [-0.15, -0.1) is 0 Å². The molecule has 96 valence electrons. The quantitative estimate of drug-likeness (QED) is 0.782. The highest BCUT2D eigenvalue weighted by Gasteiger charge is 2.22. The van der Waals surface area contributed by atoms with Crippen LogP contribution in [0.4, 0.5) is 0 Å². The highest BCUT2D eigenvalue weighted by molar-refractivity contribution is 5.26. The second-order valence-electron chi connectivity index (χ2n) is 3.71. The second kappa shape index (κ2) is 6.06. The number of rotatable bonds is 6. The van der Waals surface area contributed by atoms with Gasteiger partial charge in [-0.25, -0.2) is 9.97 Å². The molecule has 7 nitrogen and oxygen atoms in total. The fraction of sp³-hybridized carbons (Fsp3) is 0.455. The van der Waals surface area contributed by atoms with E-state index in [-0.39, 0.29) is 6.04 Å². The predicted molar refractivity (Wildman–Crippen MR) is 65.1 cm³/mol. The van der Waals surface area contributed by atoms with Crippen LogP contribution in [-0.4, -0.2) is 38.8 Å². The maximum atomic E-state index is 5.23. The van der Waals surface area contributed by atoms with Crippen LogP contribution >= 0.6 is 0 Å². The Morgan fingerprint density at radius 2 is 2.17 bits per heavy atom. The van der Waals surface area contributed by atoms with Gasteiger partial charge in [0.05, 0.1) is 7.11 Å². The summed E-state index contributed by atoms with van der Waals surface area (Å²) in [5.41, 5.74) is 0.699. The maximum Gasteiger partial charge on any atom is 0.237 e. The predicted octanol–water partition coefficient (Wildman–Crippen LogP) is 0.692. The molecule has 2 aromatic rings. The van der Waals surface area contributed by atoms with Gasteiger partial charge >= 0.3 is 0 Å². The number of ether oxygens (including phenoxy) is 1. The van der Waals surface area contributed by atoms with Gasteiger partial charge in [-0.3, -0.25) is 10.1 Å². The summed E-state index contributed by atoms with van der Waals surface area (Å²) in [5.74, 6) is 1.18. The Morgan fingerprint density at radius 3 is 2.83 bits per heavy atom. The van der Waals surface area contributed by atoms with E-state index in [1.807, 2.05) is 0 Å². The zero-order valence-corrected chi connectivity index (χ0v) is 10.4. The summed E-state index contributed by atoms with van der Waals surface area (Å²) in [6.45, 7) is 2.93. The first-order chi connectivity index (χ1) is 8.86. The highest BCUT2D eigenvalue weighted by atomic mass is 16.5. The average Bonchev–Trinajstić information content (AvgIpc) is 2.94. The lowest BCUT2D eigenvalue weighted by Crippen LogP contribution is -2.26. The zero-order chi connectivity index (χ0) is 12.8. The van der Waals surface area contributed by atoms with Crippen LogP contribution in [-0.2, 0) is 0 Å². The number of nitrogens with one attached hydrogen (secondary N) is 2. The second-order valence-corrected chi connectivity index (χ2v) is 3.71. The van der Waals surface area contributed by atoms with Crippen molar-refractivity contribution >= 4 is 0 Å². The van der Waals surface area contributed by atoms with E-state index in [0.717, 1.165) is 13.0 Å². The van der Waals surface area contributed by atoms with Crippen molar-refractivity contribution in [2.45, 2.75) is 19.4 Å². The molecule has 0 aliphatic carbocycles. The van der Waals surface area contributed by atoms with Gasteiger partial charge in [-0.1, -0.05) is 6.92 Å². The van der Waals surface area contributed by atoms with E-state index in [4.69, 9.17) is 4.74 Å². The molecule has 2 aromatic heterocycles. The Labute approximate surface area is 105 Å². The maximum absolute atomic E-state index is 5.23. The number of methoxy groups -OCH3 is 1. The number of hydrogen-bond donors (Lipinski definition) is 2. The van der Waals surface area contributed by atoms with Gasteiger partial charge in [-0.2, -0.15) is 5.10 Å². The third-order valence-electron chi connectivity index (χ3n) is 2.46. The molecule has 0 saturated heterocycles. The molecule has 18 heavy (non-hydrogen) atoms. The van der Waals surface area contributed by atoms with E-state index in [1.165, 1.54) is 6.33 Å². The largest absolute Gasteiger partial charge is 0.480 e. The fourth-order valence-electron chi connectivity index (χ4n) is 1.66. The first-order valence-electron chi connectivity index (χ1n) is 5.80. The number of hydrogen-bond acceptors (Lipinski definition) is 6. The molecule has 0 spiro atoms. The molecule has 2 N–H and O–H groups in total.